The molecule has 5 nitrogen and oxygen atoms in total. The fourth-order valence-electron chi connectivity index (χ4n) is 1.82. The SMILES string of the molecule is NCCc1nonc1CN1CCCC1. The maximum Gasteiger partial charge on any atom is 0.122 e. The third-order valence-electron chi connectivity index (χ3n) is 2.59. The highest BCUT2D eigenvalue weighted by Crippen LogP contribution is 2.13. The average Bonchev–Trinajstić information content (AvgIpc) is 2.80. The number of hydrogen-bond donors (Lipinski definition) is 1. The Bertz CT molecular complexity index is 280. The van der Waals surface area contributed by atoms with E-state index in [0.717, 1.165) is 37.4 Å². The predicted molar refractivity (Wildman–Crippen MR) is 51.6 cm³/mol. The molecule has 0 saturated carbocycles. The maximum atomic E-state index is 5.47. The van der Waals surface area contributed by atoms with Crippen molar-refractivity contribution in [1.82, 2.24) is 15.2 Å². The minimum absolute atomic E-state index is 0.598. The van der Waals surface area contributed by atoms with Gasteiger partial charge in [0.2, 0.25) is 0 Å². The number of hydrogen-bond acceptors (Lipinski definition) is 5. The summed E-state index contributed by atoms with van der Waals surface area (Å²) in [5, 5.41) is 7.77. The van der Waals surface area contributed by atoms with Crippen molar-refractivity contribution in [3.63, 3.8) is 0 Å². The fraction of sp³-hybridized carbons (Fsp3) is 0.778. The van der Waals surface area contributed by atoms with Gasteiger partial charge in [-0.05, 0) is 32.5 Å². The molecule has 2 rings (SSSR count). The van der Waals surface area contributed by atoms with E-state index in [0.29, 0.717) is 6.54 Å². The van der Waals surface area contributed by atoms with Gasteiger partial charge < -0.3 is 5.73 Å². The van der Waals surface area contributed by atoms with Crippen LogP contribution >= 0.6 is 0 Å². The number of nitrogens with zero attached hydrogens (tertiary/aromatic N) is 3. The second-order valence-corrected chi connectivity index (χ2v) is 3.68. The Balaban J connectivity index is 1.96. The summed E-state index contributed by atoms with van der Waals surface area (Å²) in [7, 11) is 0. The van der Waals surface area contributed by atoms with Crippen LogP contribution in [0.25, 0.3) is 0 Å². The molecule has 0 atom stereocenters. The first-order chi connectivity index (χ1) is 6.90. The molecule has 2 heterocycles. The maximum absolute atomic E-state index is 5.47. The molecule has 2 N–H and O–H groups in total. The van der Waals surface area contributed by atoms with Gasteiger partial charge in [-0.2, -0.15) is 0 Å². The van der Waals surface area contributed by atoms with Crippen LogP contribution in [0.4, 0.5) is 0 Å². The van der Waals surface area contributed by atoms with Crippen LogP contribution in [0.5, 0.6) is 0 Å². The molecule has 0 aromatic carbocycles. The van der Waals surface area contributed by atoms with Crippen molar-refractivity contribution in [2.24, 2.45) is 5.73 Å². The Kier molecular flexibility index (Phi) is 3.10. The summed E-state index contributed by atoms with van der Waals surface area (Å²) < 4.78 is 4.73. The molecule has 78 valence electrons. The van der Waals surface area contributed by atoms with Crippen LogP contribution in [-0.2, 0) is 13.0 Å². The second-order valence-electron chi connectivity index (χ2n) is 3.68. The first-order valence-electron chi connectivity index (χ1n) is 5.13. The number of nitrogens with two attached hydrogens (primary N) is 1. The molecule has 0 bridgehead atoms. The monoisotopic (exact) mass is 196 g/mol. The van der Waals surface area contributed by atoms with Crippen molar-refractivity contribution >= 4 is 0 Å². The molecular weight excluding hydrogens is 180 g/mol. The molecule has 1 fully saturated rings. The predicted octanol–water partition coefficient (Wildman–Crippen LogP) is 0.167. The van der Waals surface area contributed by atoms with Gasteiger partial charge in [0.05, 0.1) is 0 Å². The summed E-state index contributed by atoms with van der Waals surface area (Å²) in [4.78, 5) is 2.37. The molecule has 1 saturated heterocycles. The highest BCUT2D eigenvalue weighted by atomic mass is 16.6. The molecule has 1 aliphatic heterocycles. The summed E-state index contributed by atoms with van der Waals surface area (Å²) in [6, 6.07) is 0. The van der Waals surface area contributed by atoms with E-state index >= 15 is 0 Å². The summed E-state index contributed by atoms with van der Waals surface area (Å²) in [5.74, 6) is 0. The Morgan fingerprint density at radius 1 is 1.21 bits per heavy atom. The van der Waals surface area contributed by atoms with Gasteiger partial charge in [0.25, 0.3) is 0 Å². The van der Waals surface area contributed by atoms with Crippen LogP contribution in [-0.4, -0.2) is 34.8 Å². The van der Waals surface area contributed by atoms with E-state index in [2.05, 4.69) is 15.2 Å². The lowest BCUT2D eigenvalue weighted by atomic mass is 10.2. The Morgan fingerprint density at radius 2 is 1.93 bits per heavy atom. The number of aromatic nitrogens is 2. The Labute approximate surface area is 83.2 Å². The van der Waals surface area contributed by atoms with Gasteiger partial charge in [-0.25, -0.2) is 4.63 Å². The molecule has 1 aromatic rings. The van der Waals surface area contributed by atoms with Crippen molar-refractivity contribution in [3.8, 4) is 0 Å². The van der Waals surface area contributed by atoms with E-state index in [9.17, 15) is 0 Å². The first kappa shape index (κ1) is 9.61. The van der Waals surface area contributed by atoms with E-state index in [1.807, 2.05) is 0 Å². The van der Waals surface area contributed by atoms with E-state index in [1.165, 1.54) is 12.8 Å². The molecule has 0 amide bonds. The van der Waals surface area contributed by atoms with Crippen molar-refractivity contribution in [2.45, 2.75) is 25.8 Å². The molecule has 14 heavy (non-hydrogen) atoms. The fourth-order valence-corrected chi connectivity index (χ4v) is 1.82. The van der Waals surface area contributed by atoms with Crippen molar-refractivity contribution in [1.29, 1.82) is 0 Å². The van der Waals surface area contributed by atoms with E-state index in [-0.39, 0.29) is 0 Å². The zero-order valence-electron chi connectivity index (χ0n) is 8.28. The summed E-state index contributed by atoms with van der Waals surface area (Å²) in [6.07, 6.45) is 3.33. The van der Waals surface area contributed by atoms with E-state index < -0.39 is 0 Å². The standard InChI is InChI=1S/C9H16N4O/c10-4-3-8-9(12-14-11-8)7-13-5-1-2-6-13/h1-7,10H2. The van der Waals surface area contributed by atoms with E-state index in [1.54, 1.807) is 0 Å². The number of rotatable bonds is 4. The van der Waals surface area contributed by atoms with Crippen molar-refractivity contribution in [3.05, 3.63) is 11.4 Å². The van der Waals surface area contributed by atoms with Crippen LogP contribution < -0.4 is 5.73 Å². The minimum atomic E-state index is 0.598. The summed E-state index contributed by atoms with van der Waals surface area (Å²) in [5.41, 5.74) is 7.35. The van der Waals surface area contributed by atoms with Crippen LogP contribution in [0, 0.1) is 0 Å². The third kappa shape index (κ3) is 2.10. The molecule has 0 unspecified atom stereocenters. The largest absolute Gasteiger partial charge is 0.330 e. The molecule has 0 radical (unpaired) electrons. The molecule has 1 aliphatic rings. The number of likely N-dealkylation sites (tertiary alicyclic amines) is 1. The van der Waals surface area contributed by atoms with E-state index in [4.69, 9.17) is 10.4 Å². The normalized spacial score (nSPS) is 17.8. The van der Waals surface area contributed by atoms with Gasteiger partial charge in [0.15, 0.2) is 0 Å². The minimum Gasteiger partial charge on any atom is -0.330 e. The van der Waals surface area contributed by atoms with Crippen LogP contribution in [0.15, 0.2) is 4.63 Å². The van der Waals surface area contributed by atoms with Crippen LogP contribution in [0.3, 0.4) is 0 Å². The lowest BCUT2D eigenvalue weighted by molar-refractivity contribution is 0.283. The average molecular weight is 196 g/mol. The molecule has 0 spiro atoms. The van der Waals surface area contributed by atoms with Crippen molar-refractivity contribution in [2.75, 3.05) is 19.6 Å². The van der Waals surface area contributed by atoms with Gasteiger partial charge in [0, 0.05) is 13.0 Å². The molecule has 0 aliphatic carbocycles. The third-order valence-corrected chi connectivity index (χ3v) is 2.59. The van der Waals surface area contributed by atoms with Gasteiger partial charge in [0.1, 0.15) is 11.4 Å². The zero-order chi connectivity index (χ0) is 9.80. The Hall–Kier alpha value is -0.940. The van der Waals surface area contributed by atoms with Gasteiger partial charge in [-0.3, -0.25) is 4.90 Å². The topological polar surface area (TPSA) is 68.2 Å². The lowest BCUT2D eigenvalue weighted by Gasteiger charge is -2.11. The molecule has 5 heteroatoms. The van der Waals surface area contributed by atoms with Crippen molar-refractivity contribution < 1.29 is 4.63 Å². The lowest BCUT2D eigenvalue weighted by Crippen LogP contribution is -2.20. The highest BCUT2D eigenvalue weighted by molar-refractivity contribution is 5.07. The smallest absolute Gasteiger partial charge is 0.122 e. The van der Waals surface area contributed by atoms with Crippen LogP contribution in [0.1, 0.15) is 24.2 Å². The van der Waals surface area contributed by atoms with Gasteiger partial charge in [-0.1, -0.05) is 10.3 Å². The highest BCUT2D eigenvalue weighted by Gasteiger charge is 2.16. The molecule has 1 aromatic heterocycles. The van der Waals surface area contributed by atoms with Crippen LogP contribution in [0.2, 0.25) is 0 Å². The van der Waals surface area contributed by atoms with Gasteiger partial charge >= 0.3 is 0 Å². The van der Waals surface area contributed by atoms with Gasteiger partial charge in [-0.15, -0.1) is 0 Å². The summed E-state index contributed by atoms with van der Waals surface area (Å²) in [6.45, 7) is 3.78. The zero-order valence-corrected chi connectivity index (χ0v) is 8.28. The second kappa shape index (κ2) is 4.52. The first-order valence-corrected chi connectivity index (χ1v) is 5.13. The summed E-state index contributed by atoms with van der Waals surface area (Å²) >= 11 is 0. The molecular formula is C9H16N4O. The quantitative estimate of drug-likeness (QED) is 0.743. The Morgan fingerprint density at radius 3 is 2.64 bits per heavy atom.